The number of rotatable bonds is 7. The van der Waals surface area contributed by atoms with Crippen molar-refractivity contribution in [2.24, 2.45) is 5.16 Å². The van der Waals surface area contributed by atoms with Crippen molar-refractivity contribution in [2.75, 3.05) is 0 Å². The van der Waals surface area contributed by atoms with E-state index in [4.69, 9.17) is 9.82 Å². The minimum Gasteiger partial charge on any atom is -0.389 e. The Hall–Kier alpha value is -4.26. The summed E-state index contributed by atoms with van der Waals surface area (Å²) < 4.78 is 3.83. The first-order chi connectivity index (χ1) is 16.2. The Morgan fingerprint density at radius 1 is 0.970 bits per heavy atom. The smallest absolute Gasteiger partial charge is 0.162 e. The van der Waals surface area contributed by atoms with Crippen LogP contribution in [0.1, 0.15) is 28.1 Å². The van der Waals surface area contributed by atoms with Crippen molar-refractivity contribution in [2.45, 2.75) is 27.0 Å². The second-order valence-electron chi connectivity index (χ2n) is 8.00. The summed E-state index contributed by atoms with van der Waals surface area (Å²) >= 11 is 0. The molecule has 0 aliphatic carbocycles. The zero-order chi connectivity index (χ0) is 22.6. The van der Waals surface area contributed by atoms with Crippen molar-refractivity contribution in [3.63, 3.8) is 0 Å². The van der Waals surface area contributed by atoms with E-state index in [1.54, 1.807) is 10.9 Å². The summed E-state index contributed by atoms with van der Waals surface area (Å²) in [5.41, 5.74) is 7.88. The van der Waals surface area contributed by atoms with Gasteiger partial charge in [-0.3, -0.25) is 4.40 Å². The van der Waals surface area contributed by atoms with Gasteiger partial charge in [-0.2, -0.15) is 0 Å². The highest BCUT2D eigenvalue weighted by atomic mass is 16.6. The first-order valence-corrected chi connectivity index (χ1v) is 10.8. The summed E-state index contributed by atoms with van der Waals surface area (Å²) in [6.07, 6.45) is 5.57. The second-order valence-corrected chi connectivity index (χ2v) is 8.00. The molecule has 7 nitrogen and oxygen atoms in total. The van der Waals surface area contributed by atoms with Crippen LogP contribution in [0.4, 0.5) is 0 Å². The summed E-state index contributed by atoms with van der Waals surface area (Å²) in [4.78, 5) is 10.4. The molecule has 7 heteroatoms. The molecule has 0 saturated carbocycles. The van der Waals surface area contributed by atoms with Gasteiger partial charge in [0.1, 0.15) is 11.3 Å². The summed E-state index contributed by atoms with van der Waals surface area (Å²) in [5.74, 6) is 0. The highest BCUT2D eigenvalue weighted by Crippen LogP contribution is 2.24. The monoisotopic (exact) mass is 436 g/mol. The van der Waals surface area contributed by atoms with Gasteiger partial charge in [-0.05, 0) is 31.0 Å². The number of fused-ring (bicyclic) bond motifs is 1. The van der Waals surface area contributed by atoms with Crippen molar-refractivity contribution >= 4 is 11.9 Å². The molecular weight excluding hydrogens is 412 g/mol. The van der Waals surface area contributed by atoms with E-state index in [2.05, 4.69) is 59.6 Å². The molecule has 164 valence electrons. The van der Waals surface area contributed by atoms with Crippen LogP contribution in [0, 0.1) is 13.8 Å². The number of aromatic nitrogens is 5. The number of oxime groups is 1. The molecule has 0 atom stereocenters. The Morgan fingerprint density at radius 3 is 2.61 bits per heavy atom. The number of hydrogen-bond acceptors (Lipinski definition) is 5. The third-order valence-corrected chi connectivity index (χ3v) is 5.44. The fourth-order valence-electron chi connectivity index (χ4n) is 3.71. The molecule has 3 aromatic heterocycles. The van der Waals surface area contributed by atoms with Gasteiger partial charge in [-0.1, -0.05) is 76.6 Å². The molecule has 0 saturated heterocycles. The van der Waals surface area contributed by atoms with Crippen LogP contribution in [0.2, 0.25) is 0 Å². The van der Waals surface area contributed by atoms with E-state index < -0.39 is 0 Å². The van der Waals surface area contributed by atoms with Gasteiger partial charge in [0.25, 0.3) is 0 Å². The lowest BCUT2D eigenvalue weighted by Crippen LogP contribution is -2.00. The van der Waals surface area contributed by atoms with Crippen LogP contribution in [0.5, 0.6) is 0 Å². The summed E-state index contributed by atoms with van der Waals surface area (Å²) in [6, 6.07) is 22.5. The Bertz CT molecular complexity index is 1400. The number of nitrogens with zero attached hydrogens (tertiary/aromatic N) is 6. The molecule has 0 unspecified atom stereocenters. The number of hydrogen-bond donors (Lipinski definition) is 0. The second kappa shape index (κ2) is 9.08. The van der Waals surface area contributed by atoms with Crippen molar-refractivity contribution < 1.29 is 4.84 Å². The predicted molar refractivity (Wildman–Crippen MR) is 128 cm³/mol. The first-order valence-electron chi connectivity index (χ1n) is 10.8. The van der Waals surface area contributed by atoms with E-state index in [9.17, 15) is 0 Å². The quantitative estimate of drug-likeness (QED) is 0.271. The van der Waals surface area contributed by atoms with Gasteiger partial charge in [-0.25, -0.2) is 9.67 Å². The van der Waals surface area contributed by atoms with E-state index in [-0.39, 0.29) is 6.61 Å². The molecule has 0 aliphatic rings. The summed E-state index contributed by atoms with van der Waals surface area (Å²) in [6.45, 7) is 5.03. The van der Waals surface area contributed by atoms with Crippen LogP contribution in [0.25, 0.3) is 16.9 Å². The first kappa shape index (κ1) is 20.6. The molecule has 2 aromatic carbocycles. The third-order valence-electron chi connectivity index (χ3n) is 5.44. The maximum atomic E-state index is 5.55. The van der Waals surface area contributed by atoms with Gasteiger partial charge < -0.3 is 4.84 Å². The van der Waals surface area contributed by atoms with Crippen molar-refractivity contribution in [1.82, 2.24) is 24.4 Å². The maximum absolute atomic E-state index is 5.55. The lowest BCUT2D eigenvalue weighted by Gasteiger charge is -2.01. The zero-order valence-corrected chi connectivity index (χ0v) is 18.6. The number of imidazole rings is 1. The van der Waals surface area contributed by atoms with Crippen LogP contribution in [0.3, 0.4) is 0 Å². The molecule has 5 rings (SSSR count). The lowest BCUT2D eigenvalue weighted by atomic mass is 10.1. The third kappa shape index (κ3) is 4.52. The molecule has 0 N–H and O–H groups in total. The lowest BCUT2D eigenvalue weighted by molar-refractivity contribution is 0.129. The van der Waals surface area contributed by atoms with Crippen molar-refractivity contribution in [3.05, 3.63) is 107 Å². The van der Waals surface area contributed by atoms with Crippen LogP contribution in [-0.2, 0) is 18.0 Å². The van der Waals surface area contributed by atoms with E-state index >= 15 is 0 Å². The van der Waals surface area contributed by atoms with Crippen LogP contribution in [-0.4, -0.2) is 30.6 Å². The van der Waals surface area contributed by atoms with Gasteiger partial charge in [0.05, 0.1) is 30.3 Å². The molecule has 5 aromatic rings. The fourth-order valence-corrected chi connectivity index (χ4v) is 3.71. The van der Waals surface area contributed by atoms with Crippen molar-refractivity contribution in [3.8, 4) is 11.3 Å². The highest BCUT2D eigenvalue weighted by molar-refractivity contribution is 5.89. The van der Waals surface area contributed by atoms with Crippen LogP contribution < -0.4 is 0 Å². The summed E-state index contributed by atoms with van der Waals surface area (Å²) in [5, 5.41) is 12.6. The average molecular weight is 437 g/mol. The van der Waals surface area contributed by atoms with Gasteiger partial charge in [0, 0.05) is 11.8 Å². The molecule has 0 amide bonds. The van der Waals surface area contributed by atoms with Gasteiger partial charge in [0.15, 0.2) is 6.61 Å². The van der Waals surface area contributed by atoms with E-state index in [1.165, 1.54) is 11.1 Å². The normalized spacial score (nSPS) is 11.5. The number of aryl methyl sites for hydroxylation is 2. The topological polar surface area (TPSA) is 69.6 Å². The largest absolute Gasteiger partial charge is 0.389 e. The maximum Gasteiger partial charge on any atom is 0.162 e. The predicted octanol–water partition coefficient (Wildman–Crippen LogP) is 4.81. The Kier molecular flexibility index (Phi) is 5.68. The Balaban J connectivity index is 1.31. The number of benzene rings is 2. The molecule has 3 heterocycles. The van der Waals surface area contributed by atoms with E-state index in [1.807, 2.05) is 53.2 Å². The molecule has 0 radical (unpaired) electrons. The minimum atomic E-state index is 0.237. The standard InChI is InChI=1S/C26H24N6O/c1-19-10-12-21(13-11-19)16-31-17-23(29-30-31)18-33-27-15-24-25(22-8-4-3-5-9-22)28-26-20(2)7-6-14-32(24)26/h3-15,17H,16,18H2,1-2H3/b27-15+. The number of pyridine rings is 1. The Labute approximate surface area is 192 Å². The van der Waals surface area contributed by atoms with E-state index in [0.717, 1.165) is 33.9 Å². The molecule has 0 fully saturated rings. The fraction of sp³-hybridized carbons (Fsp3) is 0.154. The SMILES string of the molecule is Cc1ccc(Cn2cc(CO/N=C/c3c(-c4ccccc4)nc4c(C)cccn34)nn2)cc1. The molecule has 0 bridgehead atoms. The van der Waals surface area contributed by atoms with Crippen LogP contribution in [0.15, 0.2) is 84.3 Å². The van der Waals surface area contributed by atoms with Crippen molar-refractivity contribution in [1.29, 1.82) is 0 Å². The molecule has 0 aliphatic heterocycles. The van der Waals surface area contributed by atoms with Gasteiger partial charge in [0.2, 0.25) is 0 Å². The average Bonchev–Trinajstić information content (AvgIpc) is 3.44. The summed E-state index contributed by atoms with van der Waals surface area (Å²) in [7, 11) is 0. The molecular formula is C26H24N6O. The highest BCUT2D eigenvalue weighted by Gasteiger charge is 2.13. The van der Waals surface area contributed by atoms with Gasteiger partial charge >= 0.3 is 0 Å². The van der Waals surface area contributed by atoms with Gasteiger partial charge in [-0.15, -0.1) is 5.10 Å². The molecule has 33 heavy (non-hydrogen) atoms. The zero-order valence-electron chi connectivity index (χ0n) is 18.6. The molecule has 0 spiro atoms. The minimum absolute atomic E-state index is 0.237. The van der Waals surface area contributed by atoms with E-state index in [0.29, 0.717) is 6.54 Å². The van der Waals surface area contributed by atoms with Crippen LogP contribution >= 0.6 is 0 Å². The Morgan fingerprint density at radius 2 is 1.79 bits per heavy atom.